The molecule has 0 N–H and O–H groups in total. The molecule has 0 saturated carbocycles. The summed E-state index contributed by atoms with van der Waals surface area (Å²) in [5.41, 5.74) is 3.71. The van der Waals surface area contributed by atoms with Crippen molar-refractivity contribution in [1.29, 1.82) is 0 Å². The second-order valence-electron chi connectivity index (χ2n) is 5.04. The maximum absolute atomic E-state index is 12.9. The van der Waals surface area contributed by atoms with Gasteiger partial charge in [0, 0.05) is 5.88 Å². The number of benzene rings is 2. The summed E-state index contributed by atoms with van der Waals surface area (Å²) < 4.78 is 12.9. The second kappa shape index (κ2) is 6.72. The summed E-state index contributed by atoms with van der Waals surface area (Å²) in [5, 5.41) is 0. The molecule has 0 nitrogen and oxygen atoms in total. The Hall–Kier alpha value is -1.34. The molecule has 0 amide bonds. The van der Waals surface area contributed by atoms with Crippen molar-refractivity contribution < 1.29 is 4.39 Å². The summed E-state index contributed by atoms with van der Waals surface area (Å²) in [6.07, 6.45) is 1.85. The first-order valence-electron chi connectivity index (χ1n) is 6.53. The molecule has 0 aromatic heterocycles. The highest BCUT2D eigenvalue weighted by Crippen LogP contribution is 2.17. The van der Waals surface area contributed by atoms with E-state index < -0.39 is 0 Å². The van der Waals surface area contributed by atoms with E-state index in [1.165, 1.54) is 23.3 Å². The van der Waals surface area contributed by atoms with Crippen molar-refractivity contribution in [3.05, 3.63) is 71.0 Å². The van der Waals surface area contributed by atoms with E-state index in [4.69, 9.17) is 11.6 Å². The molecular weight excluding hydrogens is 259 g/mol. The summed E-state index contributed by atoms with van der Waals surface area (Å²) in [5.74, 6) is 0.810. The van der Waals surface area contributed by atoms with Gasteiger partial charge in [-0.1, -0.05) is 42.0 Å². The van der Waals surface area contributed by atoms with Crippen molar-refractivity contribution >= 4 is 11.6 Å². The lowest BCUT2D eigenvalue weighted by atomic mass is 9.94. The van der Waals surface area contributed by atoms with Crippen molar-refractivity contribution in [3.63, 3.8) is 0 Å². The van der Waals surface area contributed by atoms with Gasteiger partial charge in [0.05, 0.1) is 0 Å². The summed E-state index contributed by atoms with van der Waals surface area (Å²) in [7, 11) is 0. The van der Waals surface area contributed by atoms with Crippen LogP contribution in [0.25, 0.3) is 0 Å². The molecule has 2 aromatic carbocycles. The fourth-order valence-electron chi connectivity index (χ4n) is 2.19. The highest BCUT2D eigenvalue weighted by Gasteiger charge is 2.10. The van der Waals surface area contributed by atoms with Crippen LogP contribution in [0, 0.1) is 18.7 Å². The third-order valence-electron chi connectivity index (χ3n) is 3.30. The highest BCUT2D eigenvalue weighted by molar-refractivity contribution is 6.18. The van der Waals surface area contributed by atoms with Crippen molar-refractivity contribution in [2.24, 2.45) is 5.92 Å². The lowest BCUT2D eigenvalue weighted by molar-refractivity contribution is 0.581. The lowest BCUT2D eigenvalue weighted by Crippen LogP contribution is -2.10. The molecule has 100 valence electrons. The van der Waals surface area contributed by atoms with E-state index in [0.29, 0.717) is 11.8 Å². The number of aryl methyl sites for hydroxylation is 1. The van der Waals surface area contributed by atoms with Crippen LogP contribution in [0.2, 0.25) is 0 Å². The smallest absolute Gasteiger partial charge is 0.123 e. The molecule has 1 atom stereocenters. The summed E-state index contributed by atoms with van der Waals surface area (Å²) in [6.45, 7) is 2.08. The van der Waals surface area contributed by atoms with Gasteiger partial charge in [-0.05, 0) is 48.9 Å². The standard InChI is InChI=1S/C17H18ClF/c1-13-2-4-14(5-3-13)10-16(12-18)11-15-6-8-17(19)9-7-15/h2-9,16H,10-12H2,1H3. The molecule has 0 fully saturated rings. The van der Waals surface area contributed by atoms with Gasteiger partial charge in [0.1, 0.15) is 5.82 Å². The van der Waals surface area contributed by atoms with Crippen LogP contribution in [0.4, 0.5) is 4.39 Å². The largest absolute Gasteiger partial charge is 0.207 e. The third-order valence-corrected chi connectivity index (χ3v) is 3.74. The zero-order valence-electron chi connectivity index (χ0n) is 11.1. The highest BCUT2D eigenvalue weighted by atomic mass is 35.5. The van der Waals surface area contributed by atoms with E-state index in [9.17, 15) is 4.39 Å². The van der Waals surface area contributed by atoms with Gasteiger partial charge in [0.25, 0.3) is 0 Å². The Labute approximate surface area is 119 Å². The zero-order valence-corrected chi connectivity index (χ0v) is 11.8. The molecule has 1 unspecified atom stereocenters. The first-order chi connectivity index (χ1) is 9.17. The molecule has 19 heavy (non-hydrogen) atoms. The Kier molecular flexibility index (Phi) is 4.98. The average molecular weight is 277 g/mol. The van der Waals surface area contributed by atoms with Crippen molar-refractivity contribution in [2.45, 2.75) is 19.8 Å². The molecule has 2 rings (SSSR count). The Morgan fingerprint density at radius 3 is 1.84 bits per heavy atom. The minimum Gasteiger partial charge on any atom is -0.207 e. The molecule has 0 radical (unpaired) electrons. The van der Waals surface area contributed by atoms with E-state index in [-0.39, 0.29) is 5.82 Å². The minimum absolute atomic E-state index is 0.190. The van der Waals surface area contributed by atoms with Crippen molar-refractivity contribution in [2.75, 3.05) is 5.88 Å². The van der Waals surface area contributed by atoms with E-state index in [1.54, 1.807) is 0 Å². The van der Waals surface area contributed by atoms with Gasteiger partial charge in [0.2, 0.25) is 0 Å². The van der Waals surface area contributed by atoms with Gasteiger partial charge >= 0.3 is 0 Å². The van der Waals surface area contributed by atoms with Crippen LogP contribution in [-0.4, -0.2) is 5.88 Å². The fraction of sp³-hybridized carbons (Fsp3) is 0.294. The summed E-state index contributed by atoms with van der Waals surface area (Å²) >= 11 is 6.06. The molecule has 0 aliphatic rings. The van der Waals surface area contributed by atoms with Crippen LogP contribution < -0.4 is 0 Å². The molecule has 0 spiro atoms. The summed E-state index contributed by atoms with van der Waals surface area (Å²) in [6, 6.07) is 15.2. The predicted octanol–water partition coefficient (Wildman–Crippen LogP) is 4.77. The summed E-state index contributed by atoms with van der Waals surface area (Å²) in [4.78, 5) is 0. The molecule has 0 saturated heterocycles. The quantitative estimate of drug-likeness (QED) is 0.690. The zero-order chi connectivity index (χ0) is 13.7. The number of rotatable bonds is 5. The van der Waals surface area contributed by atoms with Crippen LogP contribution in [0.5, 0.6) is 0 Å². The molecule has 2 heteroatoms. The SMILES string of the molecule is Cc1ccc(CC(CCl)Cc2ccc(F)cc2)cc1. The number of hydrogen-bond acceptors (Lipinski definition) is 0. The van der Waals surface area contributed by atoms with Crippen LogP contribution in [0.15, 0.2) is 48.5 Å². The Balaban J connectivity index is 2.00. The monoisotopic (exact) mass is 276 g/mol. The first kappa shape index (κ1) is 14.1. The van der Waals surface area contributed by atoms with Gasteiger partial charge in [-0.25, -0.2) is 4.39 Å². The van der Waals surface area contributed by atoms with Gasteiger partial charge in [-0.3, -0.25) is 0 Å². The van der Waals surface area contributed by atoms with E-state index >= 15 is 0 Å². The van der Waals surface area contributed by atoms with Crippen LogP contribution in [-0.2, 0) is 12.8 Å². The molecular formula is C17H18ClF. The Morgan fingerprint density at radius 2 is 1.37 bits per heavy atom. The minimum atomic E-state index is -0.190. The Bertz CT molecular complexity index is 454. The van der Waals surface area contributed by atoms with E-state index in [1.807, 2.05) is 12.1 Å². The van der Waals surface area contributed by atoms with Gasteiger partial charge in [-0.15, -0.1) is 11.6 Å². The van der Waals surface area contributed by atoms with Crippen molar-refractivity contribution in [1.82, 2.24) is 0 Å². The van der Waals surface area contributed by atoms with E-state index in [0.717, 1.165) is 18.4 Å². The van der Waals surface area contributed by atoms with Gasteiger partial charge in [0.15, 0.2) is 0 Å². The topological polar surface area (TPSA) is 0 Å². The molecule has 2 aromatic rings. The van der Waals surface area contributed by atoms with Crippen LogP contribution in [0.1, 0.15) is 16.7 Å². The van der Waals surface area contributed by atoms with E-state index in [2.05, 4.69) is 31.2 Å². The average Bonchev–Trinajstić information content (AvgIpc) is 2.43. The fourth-order valence-corrected chi connectivity index (χ4v) is 2.41. The first-order valence-corrected chi connectivity index (χ1v) is 7.07. The maximum Gasteiger partial charge on any atom is 0.123 e. The Morgan fingerprint density at radius 1 is 0.895 bits per heavy atom. The maximum atomic E-state index is 12.9. The molecule has 0 heterocycles. The lowest BCUT2D eigenvalue weighted by Gasteiger charge is -2.14. The second-order valence-corrected chi connectivity index (χ2v) is 5.35. The van der Waals surface area contributed by atoms with Gasteiger partial charge in [-0.2, -0.15) is 0 Å². The number of halogens is 2. The van der Waals surface area contributed by atoms with Gasteiger partial charge < -0.3 is 0 Å². The normalized spacial score (nSPS) is 12.4. The predicted molar refractivity (Wildman–Crippen MR) is 79.2 cm³/mol. The van der Waals surface area contributed by atoms with Crippen LogP contribution in [0.3, 0.4) is 0 Å². The number of alkyl halides is 1. The number of hydrogen-bond donors (Lipinski definition) is 0. The molecule has 0 aliphatic heterocycles. The van der Waals surface area contributed by atoms with Crippen LogP contribution >= 0.6 is 11.6 Å². The molecule has 0 bridgehead atoms. The third kappa shape index (κ3) is 4.36. The molecule has 0 aliphatic carbocycles. The van der Waals surface area contributed by atoms with Crippen molar-refractivity contribution in [3.8, 4) is 0 Å².